The highest BCUT2D eigenvalue weighted by Crippen LogP contribution is 2.29. The van der Waals surface area contributed by atoms with Crippen LogP contribution in [0.5, 0.6) is 5.75 Å². The Morgan fingerprint density at radius 2 is 2.07 bits per heavy atom. The number of esters is 1. The second-order valence-corrected chi connectivity index (χ2v) is 7.50. The molecule has 29 heavy (non-hydrogen) atoms. The van der Waals surface area contributed by atoms with Crippen molar-refractivity contribution in [1.29, 1.82) is 0 Å². The number of aryl methyl sites for hydroxylation is 2. The van der Waals surface area contributed by atoms with Crippen LogP contribution in [-0.2, 0) is 19.4 Å². The number of hydrogen-bond donors (Lipinski definition) is 0. The quantitative estimate of drug-likeness (QED) is 0.495. The summed E-state index contributed by atoms with van der Waals surface area (Å²) >= 11 is 0. The summed E-state index contributed by atoms with van der Waals surface area (Å²) in [5.74, 6) is -1.11. The second-order valence-electron chi connectivity index (χ2n) is 7.50. The number of carbonyl (C=O) groups is 1. The molecule has 3 aromatic rings. The first-order valence-electron chi connectivity index (χ1n) is 9.83. The van der Waals surface area contributed by atoms with E-state index in [1.807, 2.05) is 44.3 Å². The van der Waals surface area contributed by atoms with Crippen LogP contribution in [-0.4, -0.2) is 34.2 Å². The summed E-state index contributed by atoms with van der Waals surface area (Å²) in [6.45, 7) is 5.35. The maximum absolute atomic E-state index is 15.0. The van der Waals surface area contributed by atoms with Crippen molar-refractivity contribution >= 4 is 5.97 Å². The molecule has 2 aromatic carbocycles. The van der Waals surface area contributed by atoms with Crippen molar-refractivity contribution in [3.8, 4) is 11.4 Å². The molecule has 0 aliphatic carbocycles. The van der Waals surface area contributed by atoms with Gasteiger partial charge in [-0.05, 0) is 67.8 Å². The van der Waals surface area contributed by atoms with E-state index in [-0.39, 0.29) is 11.4 Å². The van der Waals surface area contributed by atoms with Gasteiger partial charge in [0.2, 0.25) is 0 Å². The first-order valence-corrected chi connectivity index (χ1v) is 9.83. The van der Waals surface area contributed by atoms with Gasteiger partial charge in [0.15, 0.2) is 17.3 Å². The van der Waals surface area contributed by atoms with E-state index in [1.165, 1.54) is 6.07 Å². The van der Waals surface area contributed by atoms with Crippen LogP contribution in [0.1, 0.15) is 39.8 Å². The van der Waals surface area contributed by atoms with Crippen molar-refractivity contribution in [2.45, 2.75) is 33.2 Å². The SMILES string of the molecule is CCc1cccc(-n2nc(C)cc2C(=O)Oc2ccc3c(c2F)CCN(C)C3)c1. The van der Waals surface area contributed by atoms with Crippen molar-refractivity contribution in [3.63, 3.8) is 0 Å². The predicted molar refractivity (Wildman–Crippen MR) is 109 cm³/mol. The molecule has 5 nitrogen and oxygen atoms in total. The number of ether oxygens (including phenoxy) is 1. The van der Waals surface area contributed by atoms with Gasteiger partial charge >= 0.3 is 5.97 Å². The van der Waals surface area contributed by atoms with Crippen molar-refractivity contribution < 1.29 is 13.9 Å². The normalized spacial score (nSPS) is 13.9. The van der Waals surface area contributed by atoms with Crippen LogP contribution in [0.15, 0.2) is 42.5 Å². The Morgan fingerprint density at radius 1 is 1.24 bits per heavy atom. The number of hydrogen-bond acceptors (Lipinski definition) is 4. The van der Waals surface area contributed by atoms with Gasteiger partial charge in [-0.1, -0.05) is 25.1 Å². The largest absolute Gasteiger partial charge is 0.419 e. The molecule has 0 amide bonds. The van der Waals surface area contributed by atoms with E-state index in [0.29, 0.717) is 24.2 Å². The Hall–Kier alpha value is -2.99. The van der Waals surface area contributed by atoms with Crippen molar-refractivity contribution in [3.05, 3.63) is 76.4 Å². The van der Waals surface area contributed by atoms with Crippen LogP contribution in [0.2, 0.25) is 0 Å². The fraction of sp³-hybridized carbons (Fsp3) is 0.304. The minimum absolute atomic E-state index is 0.0361. The lowest BCUT2D eigenvalue weighted by atomic mass is 9.99. The maximum atomic E-state index is 15.0. The molecule has 0 bridgehead atoms. The molecule has 1 aliphatic rings. The molecule has 0 unspecified atom stereocenters. The van der Waals surface area contributed by atoms with Gasteiger partial charge in [-0.2, -0.15) is 5.10 Å². The molecule has 0 spiro atoms. The van der Waals surface area contributed by atoms with Gasteiger partial charge in [-0.15, -0.1) is 0 Å². The Bertz CT molecular complexity index is 1070. The monoisotopic (exact) mass is 393 g/mol. The highest BCUT2D eigenvalue weighted by atomic mass is 19.1. The lowest BCUT2D eigenvalue weighted by Gasteiger charge is -2.25. The Kier molecular flexibility index (Phi) is 5.20. The molecule has 0 radical (unpaired) electrons. The van der Waals surface area contributed by atoms with E-state index in [4.69, 9.17) is 4.74 Å². The van der Waals surface area contributed by atoms with Crippen molar-refractivity contribution in [2.75, 3.05) is 13.6 Å². The number of likely N-dealkylation sites (N-methyl/N-ethyl adjacent to an activating group) is 1. The van der Waals surface area contributed by atoms with E-state index in [9.17, 15) is 9.18 Å². The zero-order chi connectivity index (χ0) is 20.5. The van der Waals surface area contributed by atoms with E-state index in [2.05, 4.69) is 16.9 Å². The third kappa shape index (κ3) is 3.80. The highest BCUT2D eigenvalue weighted by molar-refractivity contribution is 5.90. The lowest BCUT2D eigenvalue weighted by molar-refractivity contribution is 0.0717. The predicted octanol–water partition coefficient (Wildman–Crippen LogP) is 4.09. The summed E-state index contributed by atoms with van der Waals surface area (Å²) in [6, 6.07) is 12.9. The molecule has 1 aromatic heterocycles. The number of aromatic nitrogens is 2. The molecule has 4 rings (SSSR count). The van der Waals surface area contributed by atoms with Crippen LogP contribution in [0.4, 0.5) is 4.39 Å². The maximum Gasteiger partial charge on any atom is 0.362 e. The Balaban J connectivity index is 1.65. The molecule has 6 heteroatoms. The first-order chi connectivity index (χ1) is 14.0. The average Bonchev–Trinajstić information content (AvgIpc) is 3.12. The molecule has 2 heterocycles. The van der Waals surface area contributed by atoms with Gasteiger partial charge in [-0.25, -0.2) is 13.9 Å². The molecule has 0 atom stereocenters. The van der Waals surface area contributed by atoms with Crippen molar-refractivity contribution in [1.82, 2.24) is 14.7 Å². The van der Waals surface area contributed by atoms with Gasteiger partial charge in [0.25, 0.3) is 0 Å². The van der Waals surface area contributed by atoms with E-state index in [1.54, 1.807) is 10.7 Å². The van der Waals surface area contributed by atoms with Crippen LogP contribution in [0, 0.1) is 12.7 Å². The second kappa shape index (κ2) is 7.79. The smallest absolute Gasteiger partial charge is 0.362 e. The summed E-state index contributed by atoms with van der Waals surface area (Å²) in [5.41, 5.74) is 4.45. The van der Waals surface area contributed by atoms with Gasteiger partial charge in [0.1, 0.15) is 0 Å². The molecule has 0 saturated carbocycles. The summed E-state index contributed by atoms with van der Waals surface area (Å²) in [5, 5.41) is 4.44. The van der Waals surface area contributed by atoms with E-state index in [0.717, 1.165) is 29.8 Å². The van der Waals surface area contributed by atoms with Gasteiger partial charge in [0, 0.05) is 13.1 Å². The van der Waals surface area contributed by atoms with Crippen LogP contribution in [0.3, 0.4) is 0 Å². The number of fused-ring (bicyclic) bond motifs is 1. The zero-order valence-electron chi connectivity index (χ0n) is 16.9. The first kappa shape index (κ1) is 19.3. The summed E-state index contributed by atoms with van der Waals surface area (Å²) in [4.78, 5) is 15.0. The van der Waals surface area contributed by atoms with E-state index < -0.39 is 11.8 Å². The van der Waals surface area contributed by atoms with Crippen LogP contribution >= 0.6 is 0 Å². The molecule has 0 N–H and O–H groups in total. The summed E-state index contributed by atoms with van der Waals surface area (Å²) in [7, 11) is 2.01. The summed E-state index contributed by atoms with van der Waals surface area (Å²) < 4.78 is 22.0. The Labute approximate surface area is 169 Å². The van der Waals surface area contributed by atoms with Crippen LogP contribution < -0.4 is 4.74 Å². The minimum Gasteiger partial charge on any atom is -0.419 e. The lowest BCUT2D eigenvalue weighted by Crippen LogP contribution is -2.27. The van der Waals surface area contributed by atoms with Gasteiger partial charge < -0.3 is 9.64 Å². The van der Waals surface area contributed by atoms with Gasteiger partial charge in [-0.3, -0.25) is 0 Å². The number of rotatable bonds is 4. The van der Waals surface area contributed by atoms with E-state index >= 15 is 0 Å². The van der Waals surface area contributed by atoms with Gasteiger partial charge in [0.05, 0.1) is 11.4 Å². The minimum atomic E-state index is -0.626. The third-order valence-electron chi connectivity index (χ3n) is 5.30. The van der Waals surface area contributed by atoms with Crippen molar-refractivity contribution in [2.24, 2.45) is 0 Å². The molecular formula is C23H24FN3O2. The molecule has 150 valence electrons. The average molecular weight is 393 g/mol. The number of nitrogens with zero attached hydrogens (tertiary/aromatic N) is 3. The number of halogens is 1. The molecule has 0 fully saturated rings. The number of carbonyl (C=O) groups excluding carboxylic acids is 1. The highest BCUT2D eigenvalue weighted by Gasteiger charge is 2.23. The number of benzene rings is 2. The molecule has 0 saturated heterocycles. The molecule has 1 aliphatic heterocycles. The molecular weight excluding hydrogens is 369 g/mol. The standard InChI is InChI=1S/C23H24FN3O2/c1-4-16-6-5-7-18(13-16)27-20(12-15(2)25-27)23(28)29-21-9-8-17-14-26(3)11-10-19(17)22(21)24/h5-9,12-13H,4,10-11,14H2,1-3H3. The Morgan fingerprint density at radius 3 is 2.86 bits per heavy atom. The fourth-order valence-electron chi connectivity index (χ4n) is 3.71. The summed E-state index contributed by atoms with van der Waals surface area (Å²) in [6.07, 6.45) is 1.48. The third-order valence-corrected chi connectivity index (χ3v) is 5.30. The van der Waals surface area contributed by atoms with Crippen LogP contribution in [0.25, 0.3) is 5.69 Å². The zero-order valence-corrected chi connectivity index (χ0v) is 16.9. The topological polar surface area (TPSA) is 47.4 Å². The fourth-order valence-corrected chi connectivity index (χ4v) is 3.71.